The van der Waals surface area contributed by atoms with E-state index in [1.165, 1.54) is 19.3 Å². The van der Waals surface area contributed by atoms with Crippen LogP contribution in [0.1, 0.15) is 37.7 Å². The van der Waals surface area contributed by atoms with Crippen LogP contribution in [0, 0.1) is 12.8 Å². The van der Waals surface area contributed by atoms with Crippen molar-refractivity contribution in [3.63, 3.8) is 0 Å². The standard InChI is InChI=1S/C18H25N5O/c1-12-10-21-23(2)17(12)14-8-9-15(20-11-14)22-18(24)16(19)13-6-4-3-5-7-13/h8-11,13,16H,3-7,19H2,1-2H3,(H,20,22,24)/t16-/m0/s1. The van der Waals surface area contributed by atoms with Gasteiger partial charge in [0.15, 0.2) is 0 Å². The molecule has 1 aliphatic carbocycles. The van der Waals surface area contributed by atoms with Crippen molar-refractivity contribution in [1.82, 2.24) is 14.8 Å². The molecule has 2 aromatic rings. The SMILES string of the molecule is Cc1cnn(C)c1-c1ccc(NC(=O)[C@@H](N)C2CCCCC2)nc1. The number of carbonyl (C=O) groups excluding carboxylic acids is 1. The second-order valence-electron chi connectivity index (χ2n) is 6.65. The molecule has 0 bridgehead atoms. The molecule has 24 heavy (non-hydrogen) atoms. The lowest BCUT2D eigenvalue weighted by Crippen LogP contribution is -2.42. The molecule has 0 saturated heterocycles. The van der Waals surface area contributed by atoms with Gasteiger partial charge in [0, 0.05) is 18.8 Å². The van der Waals surface area contributed by atoms with Gasteiger partial charge in [0.25, 0.3) is 0 Å². The minimum Gasteiger partial charge on any atom is -0.320 e. The Hall–Kier alpha value is -2.21. The number of amides is 1. The molecule has 3 rings (SSSR count). The van der Waals surface area contributed by atoms with Gasteiger partial charge >= 0.3 is 0 Å². The summed E-state index contributed by atoms with van der Waals surface area (Å²) in [6.07, 6.45) is 9.26. The van der Waals surface area contributed by atoms with Crippen LogP contribution >= 0.6 is 0 Å². The third kappa shape index (κ3) is 3.48. The highest BCUT2D eigenvalue weighted by atomic mass is 16.2. The minimum absolute atomic E-state index is 0.140. The first kappa shape index (κ1) is 16.6. The van der Waals surface area contributed by atoms with Crippen molar-refractivity contribution in [3.8, 4) is 11.3 Å². The average molecular weight is 327 g/mol. The van der Waals surface area contributed by atoms with Gasteiger partial charge in [-0.1, -0.05) is 19.3 Å². The molecule has 6 nitrogen and oxygen atoms in total. The van der Waals surface area contributed by atoms with E-state index in [2.05, 4.69) is 15.4 Å². The molecule has 2 heterocycles. The highest BCUT2D eigenvalue weighted by Gasteiger charge is 2.26. The van der Waals surface area contributed by atoms with Gasteiger partial charge in [-0.15, -0.1) is 0 Å². The van der Waals surface area contributed by atoms with Crippen molar-refractivity contribution in [2.24, 2.45) is 18.7 Å². The van der Waals surface area contributed by atoms with Crippen molar-refractivity contribution >= 4 is 11.7 Å². The van der Waals surface area contributed by atoms with E-state index in [4.69, 9.17) is 5.73 Å². The molecule has 2 aromatic heterocycles. The van der Waals surface area contributed by atoms with Crippen LogP contribution in [0.4, 0.5) is 5.82 Å². The fraction of sp³-hybridized carbons (Fsp3) is 0.500. The van der Waals surface area contributed by atoms with E-state index < -0.39 is 6.04 Å². The number of hydrogen-bond acceptors (Lipinski definition) is 4. The molecule has 1 saturated carbocycles. The molecular formula is C18H25N5O. The minimum atomic E-state index is -0.453. The molecule has 0 spiro atoms. The summed E-state index contributed by atoms with van der Waals surface area (Å²) < 4.78 is 1.82. The number of hydrogen-bond donors (Lipinski definition) is 2. The largest absolute Gasteiger partial charge is 0.320 e. The van der Waals surface area contributed by atoms with Gasteiger partial charge in [0.1, 0.15) is 5.82 Å². The number of aromatic nitrogens is 3. The Morgan fingerprint density at radius 1 is 1.29 bits per heavy atom. The molecule has 0 aromatic carbocycles. The third-order valence-corrected chi connectivity index (χ3v) is 4.87. The van der Waals surface area contributed by atoms with Gasteiger partial charge in [0.2, 0.25) is 5.91 Å². The van der Waals surface area contributed by atoms with E-state index in [9.17, 15) is 4.79 Å². The molecule has 1 amide bonds. The Bertz CT molecular complexity index is 681. The first-order valence-corrected chi connectivity index (χ1v) is 8.57. The molecule has 6 heteroatoms. The van der Waals surface area contributed by atoms with Gasteiger partial charge in [-0.25, -0.2) is 4.98 Å². The van der Waals surface area contributed by atoms with Crippen LogP contribution in [0.5, 0.6) is 0 Å². The number of nitrogens with zero attached hydrogens (tertiary/aromatic N) is 3. The topological polar surface area (TPSA) is 85.8 Å². The summed E-state index contributed by atoms with van der Waals surface area (Å²) in [7, 11) is 1.90. The lowest BCUT2D eigenvalue weighted by Gasteiger charge is -2.26. The highest BCUT2D eigenvalue weighted by molar-refractivity contribution is 5.94. The van der Waals surface area contributed by atoms with Crippen molar-refractivity contribution in [2.75, 3.05) is 5.32 Å². The molecule has 3 N–H and O–H groups in total. The van der Waals surface area contributed by atoms with Gasteiger partial charge in [-0.3, -0.25) is 9.48 Å². The zero-order valence-electron chi connectivity index (χ0n) is 14.3. The number of nitrogens with two attached hydrogens (primary N) is 1. The van der Waals surface area contributed by atoms with Crippen molar-refractivity contribution in [2.45, 2.75) is 45.1 Å². The Kier molecular flexibility index (Phi) is 4.94. The maximum Gasteiger partial charge on any atom is 0.242 e. The predicted octanol–water partition coefficient (Wildman–Crippen LogP) is 2.64. The maximum absolute atomic E-state index is 12.3. The number of aryl methyl sites for hydroxylation is 2. The van der Waals surface area contributed by atoms with Crippen LogP contribution in [0.2, 0.25) is 0 Å². The normalized spacial score (nSPS) is 16.8. The zero-order chi connectivity index (χ0) is 17.1. The molecule has 0 unspecified atom stereocenters. The van der Waals surface area contributed by atoms with Crippen LogP contribution in [-0.4, -0.2) is 26.7 Å². The molecule has 1 fully saturated rings. The van der Waals surface area contributed by atoms with E-state index in [0.717, 1.165) is 29.7 Å². The summed E-state index contributed by atoms with van der Waals surface area (Å²) in [5.41, 5.74) is 9.23. The Balaban J connectivity index is 1.66. The number of nitrogens with one attached hydrogen (secondary N) is 1. The first-order valence-electron chi connectivity index (χ1n) is 8.57. The van der Waals surface area contributed by atoms with E-state index in [1.54, 1.807) is 6.20 Å². The van der Waals surface area contributed by atoms with E-state index in [-0.39, 0.29) is 11.8 Å². The fourth-order valence-electron chi connectivity index (χ4n) is 3.49. The van der Waals surface area contributed by atoms with Gasteiger partial charge in [-0.2, -0.15) is 5.10 Å². The Morgan fingerprint density at radius 2 is 2.04 bits per heavy atom. The van der Waals surface area contributed by atoms with Gasteiger partial charge in [-0.05, 0) is 43.4 Å². The molecule has 1 aliphatic rings. The number of pyridine rings is 1. The summed E-state index contributed by atoms with van der Waals surface area (Å²) in [4.78, 5) is 16.7. The number of anilines is 1. The lowest BCUT2D eigenvalue weighted by atomic mass is 9.84. The van der Waals surface area contributed by atoms with E-state index >= 15 is 0 Å². The van der Waals surface area contributed by atoms with Crippen LogP contribution in [0.3, 0.4) is 0 Å². The van der Waals surface area contributed by atoms with Crippen LogP contribution < -0.4 is 11.1 Å². The molecule has 128 valence electrons. The van der Waals surface area contributed by atoms with Crippen LogP contribution in [0.25, 0.3) is 11.3 Å². The monoisotopic (exact) mass is 327 g/mol. The lowest BCUT2D eigenvalue weighted by molar-refractivity contribution is -0.118. The summed E-state index contributed by atoms with van der Waals surface area (Å²) in [6, 6.07) is 3.30. The van der Waals surface area contributed by atoms with Crippen molar-refractivity contribution in [1.29, 1.82) is 0 Å². The molecular weight excluding hydrogens is 302 g/mol. The molecule has 0 radical (unpaired) electrons. The quantitative estimate of drug-likeness (QED) is 0.904. The summed E-state index contributed by atoms with van der Waals surface area (Å²) in [5.74, 6) is 0.684. The summed E-state index contributed by atoms with van der Waals surface area (Å²) in [5, 5.41) is 7.08. The Morgan fingerprint density at radius 3 is 2.62 bits per heavy atom. The second kappa shape index (κ2) is 7.13. The van der Waals surface area contributed by atoms with E-state index in [1.807, 2.05) is 37.0 Å². The maximum atomic E-state index is 12.3. The van der Waals surface area contributed by atoms with Gasteiger partial charge in [0.05, 0.1) is 17.9 Å². The first-order chi connectivity index (χ1) is 11.6. The van der Waals surface area contributed by atoms with Crippen molar-refractivity contribution < 1.29 is 4.79 Å². The van der Waals surface area contributed by atoms with Gasteiger partial charge < -0.3 is 11.1 Å². The fourth-order valence-corrected chi connectivity index (χ4v) is 3.49. The number of rotatable bonds is 4. The third-order valence-electron chi connectivity index (χ3n) is 4.87. The smallest absolute Gasteiger partial charge is 0.242 e. The highest BCUT2D eigenvalue weighted by Crippen LogP contribution is 2.26. The van der Waals surface area contributed by atoms with Crippen LogP contribution in [0.15, 0.2) is 24.5 Å². The van der Waals surface area contributed by atoms with Crippen molar-refractivity contribution in [3.05, 3.63) is 30.1 Å². The average Bonchev–Trinajstić information content (AvgIpc) is 2.94. The molecule has 1 atom stereocenters. The summed E-state index contributed by atoms with van der Waals surface area (Å²) in [6.45, 7) is 2.02. The second-order valence-corrected chi connectivity index (χ2v) is 6.65. The molecule has 0 aliphatic heterocycles. The number of carbonyl (C=O) groups is 1. The Labute approximate surface area is 142 Å². The zero-order valence-corrected chi connectivity index (χ0v) is 14.3. The predicted molar refractivity (Wildman–Crippen MR) is 94.4 cm³/mol. The summed E-state index contributed by atoms with van der Waals surface area (Å²) >= 11 is 0. The van der Waals surface area contributed by atoms with E-state index in [0.29, 0.717) is 5.82 Å². The van der Waals surface area contributed by atoms with Crippen LogP contribution in [-0.2, 0) is 11.8 Å².